The molecule has 0 aliphatic carbocycles. The number of piperidine rings is 1. The summed E-state index contributed by atoms with van der Waals surface area (Å²) >= 11 is 0. The summed E-state index contributed by atoms with van der Waals surface area (Å²) in [7, 11) is 0. The van der Waals surface area contributed by atoms with Crippen LogP contribution in [0.15, 0.2) is 18.2 Å². The lowest BCUT2D eigenvalue weighted by Gasteiger charge is -2.27. The fourth-order valence-electron chi connectivity index (χ4n) is 3.95. The summed E-state index contributed by atoms with van der Waals surface area (Å²) in [5.74, 6) is -2.05. The summed E-state index contributed by atoms with van der Waals surface area (Å²) < 4.78 is 0. The van der Waals surface area contributed by atoms with Crippen LogP contribution in [-0.4, -0.2) is 64.9 Å². The average molecular weight is 386 g/mol. The molecule has 0 radical (unpaired) electrons. The van der Waals surface area contributed by atoms with Crippen LogP contribution in [0.3, 0.4) is 0 Å². The summed E-state index contributed by atoms with van der Waals surface area (Å²) in [6.45, 7) is 2.18. The van der Waals surface area contributed by atoms with Crippen LogP contribution < -0.4 is 16.0 Å². The lowest BCUT2D eigenvalue weighted by atomic mass is 10.0. The first-order chi connectivity index (χ1) is 13.4. The molecule has 4 amide bonds. The van der Waals surface area contributed by atoms with E-state index in [0.29, 0.717) is 26.1 Å². The number of rotatable bonds is 5. The number of fused-ring (bicyclic) bond motifs is 1. The molecule has 28 heavy (non-hydrogen) atoms. The number of benzene rings is 1. The second kappa shape index (κ2) is 7.08. The number of amides is 4. The minimum Gasteiger partial charge on any atom is -0.387 e. The van der Waals surface area contributed by atoms with Crippen molar-refractivity contribution in [2.75, 3.05) is 19.6 Å². The minimum absolute atomic E-state index is 0.0940. The number of carbonyl (C=O) groups excluding carboxylic acids is 4. The third-order valence-corrected chi connectivity index (χ3v) is 5.51. The number of aliphatic hydroxyl groups is 1. The van der Waals surface area contributed by atoms with Gasteiger partial charge in [0.05, 0.1) is 16.7 Å². The average Bonchev–Trinajstić information content (AvgIpc) is 3.19. The Morgan fingerprint density at radius 3 is 2.68 bits per heavy atom. The summed E-state index contributed by atoms with van der Waals surface area (Å²) in [4.78, 5) is 49.8. The van der Waals surface area contributed by atoms with Crippen LogP contribution >= 0.6 is 0 Å². The number of hydrogen-bond acceptors (Lipinski definition) is 7. The topological polar surface area (TPSA) is 128 Å². The zero-order chi connectivity index (χ0) is 19.9. The molecule has 4 N–H and O–H groups in total. The Labute approximate surface area is 161 Å². The molecule has 0 saturated carbocycles. The monoisotopic (exact) mass is 386 g/mol. The second-order valence-electron chi connectivity index (χ2n) is 7.58. The predicted molar refractivity (Wildman–Crippen MR) is 97.3 cm³/mol. The highest BCUT2D eigenvalue weighted by Gasteiger charge is 2.44. The third-order valence-electron chi connectivity index (χ3n) is 5.51. The predicted octanol–water partition coefficient (Wildman–Crippen LogP) is -1.10. The van der Waals surface area contributed by atoms with E-state index >= 15 is 0 Å². The van der Waals surface area contributed by atoms with Gasteiger partial charge in [0.25, 0.3) is 11.8 Å². The van der Waals surface area contributed by atoms with Crippen LogP contribution in [0.4, 0.5) is 0 Å². The molecule has 3 heterocycles. The van der Waals surface area contributed by atoms with Gasteiger partial charge in [-0.1, -0.05) is 6.07 Å². The Kier molecular flexibility index (Phi) is 4.74. The molecule has 3 aliphatic rings. The van der Waals surface area contributed by atoms with Crippen LogP contribution in [0.1, 0.15) is 45.5 Å². The van der Waals surface area contributed by atoms with Crippen molar-refractivity contribution in [3.8, 4) is 0 Å². The lowest BCUT2D eigenvalue weighted by Crippen LogP contribution is -2.54. The number of nitrogens with zero attached hydrogens (tertiary/aromatic N) is 1. The maximum absolute atomic E-state index is 12.8. The van der Waals surface area contributed by atoms with Crippen molar-refractivity contribution in [1.82, 2.24) is 20.9 Å². The Bertz CT molecular complexity index is 862. The van der Waals surface area contributed by atoms with Crippen LogP contribution in [0.5, 0.6) is 0 Å². The quantitative estimate of drug-likeness (QED) is 0.473. The van der Waals surface area contributed by atoms with E-state index in [2.05, 4.69) is 16.0 Å². The van der Waals surface area contributed by atoms with Crippen molar-refractivity contribution in [3.63, 3.8) is 0 Å². The fraction of sp³-hybridized carbons (Fsp3) is 0.474. The molecule has 3 aliphatic heterocycles. The second-order valence-corrected chi connectivity index (χ2v) is 7.58. The molecule has 1 aromatic carbocycles. The lowest BCUT2D eigenvalue weighted by molar-refractivity contribution is -0.136. The highest BCUT2D eigenvalue weighted by Crippen LogP contribution is 2.28. The number of imide groups is 2. The Morgan fingerprint density at radius 1 is 1.18 bits per heavy atom. The maximum Gasteiger partial charge on any atom is 0.262 e. The SMILES string of the molecule is O=C1CCC(N2C(=O)c3ccc(CNCC4(O)CCNC4)cc3C2=O)C(=O)N1. The first kappa shape index (κ1) is 18.7. The molecule has 148 valence electrons. The Hall–Kier alpha value is -2.62. The fourth-order valence-corrected chi connectivity index (χ4v) is 3.95. The van der Waals surface area contributed by atoms with E-state index in [1.54, 1.807) is 18.2 Å². The molecule has 4 rings (SSSR count). The van der Waals surface area contributed by atoms with Gasteiger partial charge in [-0.15, -0.1) is 0 Å². The molecular formula is C19H22N4O5. The van der Waals surface area contributed by atoms with Crippen molar-refractivity contribution in [2.24, 2.45) is 0 Å². The van der Waals surface area contributed by atoms with E-state index in [4.69, 9.17) is 0 Å². The van der Waals surface area contributed by atoms with Crippen molar-refractivity contribution >= 4 is 23.6 Å². The van der Waals surface area contributed by atoms with Gasteiger partial charge in [0.15, 0.2) is 0 Å². The first-order valence-corrected chi connectivity index (χ1v) is 9.36. The molecule has 2 atom stereocenters. The molecule has 2 unspecified atom stereocenters. The number of hydrogen-bond donors (Lipinski definition) is 4. The third kappa shape index (κ3) is 3.32. The smallest absolute Gasteiger partial charge is 0.262 e. The number of carbonyl (C=O) groups is 4. The van der Waals surface area contributed by atoms with Crippen LogP contribution in [-0.2, 0) is 16.1 Å². The molecule has 2 fully saturated rings. The van der Waals surface area contributed by atoms with Gasteiger partial charge >= 0.3 is 0 Å². The van der Waals surface area contributed by atoms with E-state index in [1.165, 1.54) is 0 Å². The number of nitrogens with one attached hydrogen (secondary N) is 3. The largest absolute Gasteiger partial charge is 0.387 e. The summed E-state index contributed by atoms with van der Waals surface area (Å²) in [6.07, 6.45) is 0.909. The Morgan fingerprint density at radius 2 is 1.96 bits per heavy atom. The Balaban J connectivity index is 1.46. The molecular weight excluding hydrogens is 364 g/mol. The van der Waals surface area contributed by atoms with Crippen molar-refractivity contribution in [1.29, 1.82) is 0 Å². The van der Waals surface area contributed by atoms with E-state index in [9.17, 15) is 24.3 Å². The maximum atomic E-state index is 12.8. The van der Waals surface area contributed by atoms with Gasteiger partial charge in [0.2, 0.25) is 11.8 Å². The molecule has 1 aromatic rings. The van der Waals surface area contributed by atoms with Crippen molar-refractivity contribution < 1.29 is 24.3 Å². The van der Waals surface area contributed by atoms with E-state index in [1.807, 2.05) is 0 Å². The normalized spacial score (nSPS) is 27.3. The minimum atomic E-state index is -0.962. The highest BCUT2D eigenvalue weighted by molar-refractivity contribution is 6.23. The van der Waals surface area contributed by atoms with Gasteiger partial charge in [-0.2, -0.15) is 0 Å². The van der Waals surface area contributed by atoms with Gasteiger partial charge in [-0.25, -0.2) is 0 Å². The zero-order valence-corrected chi connectivity index (χ0v) is 15.3. The summed E-state index contributed by atoms with van der Waals surface area (Å²) in [5, 5.41) is 18.8. The summed E-state index contributed by atoms with van der Waals surface area (Å²) in [6, 6.07) is 4.02. The molecule has 9 nitrogen and oxygen atoms in total. The van der Waals surface area contributed by atoms with Crippen LogP contribution in [0.2, 0.25) is 0 Å². The molecule has 0 bridgehead atoms. The van der Waals surface area contributed by atoms with Gasteiger partial charge in [0, 0.05) is 26.1 Å². The van der Waals surface area contributed by atoms with Gasteiger partial charge < -0.3 is 15.7 Å². The van der Waals surface area contributed by atoms with E-state index < -0.39 is 35.3 Å². The molecule has 9 heteroatoms. The van der Waals surface area contributed by atoms with E-state index in [-0.39, 0.29) is 24.0 Å². The summed E-state index contributed by atoms with van der Waals surface area (Å²) in [5.41, 5.74) is 0.553. The molecule has 2 saturated heterocycles. The van der Waals surface area contributed by atoms with Crippen molar-refractivity contribution in [2.45, 2.75) is 37.5 Å². The van der Waals surface area contributed by atoms with Gasteiger partial charge in [-0.05, 0) is 37.1 Å². The first-order valence-electron chi connectivity index (χ1n) is 9.36. The van der Waals surface area contributed by atoms with E-state index in [0.717, 1.165) is 17.0 Å². The standard InChI is InChI=1S/C19H22N4O5/c24-15-4-3-14(16(25)22-15)23-17(26)12-2-1-11(7-13(12)18(23)27)8-21-10-19(28)5-6-20-9-19/h1-2,7,14,20-21,28H,3-6,8-10H2,(H,22,24,25). The molecule has 0 aromatic heterocycles. The van der Waals surface area contributed by atoms with Crippen LogP contribution in [0.25, 0.3) is 0 Å². The highest BCUT2D eigenvalue weighted by atomic mass is 16.3. The van der Waals surface area contributed by atoms with Crippen molar-refractivity contribution in [3.05, 3.63) is 34.9 Å². The van der Waals surface area contributed by atoms with Crippen LogP contribution in [0, 0.1) is 0 Å². The molecule has 0 spiro atoms. The number of β-amino-alcohol motifs (C(OH)–C–C–N with tert-alkyl or cyclic N) is 1. The van der Waals surface area contributed by atoms with Gasteiger partial charge in [-0.3, -0.25) is 29.4 Å². The van der Waals surface area contributed by atoms with Gasteiger partial charge in [0.1, 0.15) is 6.04 Å². The zero-order valence-electron chi connectivity index (χ0n) is 15.3.